The average molecular weight is 465 g/mol. The molecule has 162 valence electrons. The van der Waals surface area contributed by atoms with Crippen molar-refractivity contribution in [3.05, 3.63) is 89.5 Å². The van der Waals surface area contributed by atoms with Crippen molar-refractivity contribution in [1.29, 1.82) is 0 Å². The Labute approximate surface area is 190 Å². The predicted octanol–water partition coefficient (Wildman–Crippen LogP) is 4.75. The van der Waals surface area contributed by atoms with Crippen LogP contribution in [0.15, 0.2) is 77.7 Å². The van der Waals surface area contributed by atoms with Crippen LogP contribution in [0.2, 0.25) is 0 Å². The molecule has 0 aliphatic carbocycles. The first-order valence-electron chi connectivity index (χ1n) is 9.80. The lowest BCUT2D eigenvalue weighted by atomic mass is 10.1. The second-order valence-corrected chi connectivity index (χ2v) is 10.4. The number of hydrogen-bond acceptors (Lipinski definition) is 6. The van der Waals surface area contributed by atoms with E-state index >= 15 is 0 Å². The molecule has 0 saturated carbocycles. The van der Waals surface area contributed by atoms with Gasteiger partial charge in [-0.3, -0.25) is 14.5 Å². The first-order valence-corrected chi connectivity index (χ1v) is 12.5. The van der Waals surface area contributed by atoms with E-state index in [-0.39, 0.29) is 16.6 Å². The van der Waals surface area contributed by atoms with Gasteiger partial charge in [0.2, 0.25) is 0 Å². The molecule has 0 radical (unpaired) electrons. The van der Waals surface area contributed by atoms with Gasteiger partial charge >= 0.3 is 0 Å². The molecule has 0 spiro atoms. The van der Waals surface area contributed by atoms with E-state index in [1.807, 2.05) is 30.3 Å². The molecular formula is C24H20N2O4S2. The van der Waals surface area contributed by atoms with Gasteiger partial charge in [-0.1, -0.05) is 53.8 Å². The van der Waals surface area contributed by atoms with Gasteiger partial charge in [0.15, 0.2) is 20.8 Å². The molecule has 4 rings (SSSR count). The first kappa shape index (κ1) is 21.9. The van der Waals surface area contributed by atoms with Crippen LogP contribution >= 0.6 is 11.3 Å². The molecule has 1 heterocycles. The summed E-state index contributed by atoms with van der Waals surface area (Å²) in [5, 5.41) is 0.468. The highest BCUT2D eigenvalue weighted by atomic mass is 32.2. The zero-order chi connectivity index (χ0) is 22.9. The number of nitrogens with zero attached hydrogens (tertiary/aromatic N) is 2. The van der Waals surface area contributed by atoms with Crippen LogP contribution in [0.3, 0.4) is 0 Å². The highest BCUT2D eigenvalue weighted by Crippen LogP contribution is 2.32. The van der Waals surface area contributed by atoms with Gasteiger partial charge in [-0.05, 0) is 42.8 Å². The van der Waals surface area contributed by atoms with E-state index in [0.29, 0.717) is 33.0 Å². The van der Waals surface area contributed by atoms with Crippen molar-refractivity contribution >= 4 is 48.2 Å². The van der Waals surface area contributed by atoms with Gasteiger partial charge in [0.1, 0.15) is 0 Å². The van der Waals surface area contributed by atoms with E-state index in [1.165, 1.54) is 24.3 Å². The molecule has 0 aliphatic rings. The van der Waals surface area contributed by atoms with Crippen LogP contribution in [0.5, 0.6) is 0 Å². The van der Waals surface area contributed by atoms with Crippen LogP contribution in [0.4, 0.5) is 5.13 Å². The Morgan fingerprint density at radius 1 is 0.938 bits per heavy atom. The van der Waals surface area contributed by atoms with Crippen LogP contribution in [0, 0.1) is 0 Å². The maximum absolute atomic E-state index is 13.4. The molecule has 0 fully saturated rings. The van der Waals surface area contributed by atoms with E-state index in [0.717, 1.165) is 11.8 Å². The molecule has 4 aromatic rings. The zero-order valence-electron chi connectivity index (χ0n) is 17.5. The minimum atomic E-state index is -3.35. The third-order valence-corrected chi connectivity index (χ3v) is 7.13. The van der Waals surface area contributed by atoms with Gasteiger partial charge in [0.05, 0.1) is 21.7 Å². The van der Waals surface area contributed by atoms with Crippen LogP contribution in [-0.2, 0) is 16.4 Å². The number of rotatable bonds is 6. The Bertz CT molecular complexity index is 1410. The standard InChI is InChI=1S/C24H20N2O4S2/c1-16(27)18-8-10-19(11-9-18)23(28)26(15-17-6-4-3-5-7-17)24-25-21-13-12-20(32(2,29)30)14-22(21)31-24/h3-14H,15H2,1-2H3. The van der Waals surface area contributed by atoms with Crippen molar-refractivity contribution in [3.8, 4) is 0 Å². The Balaban J connectivity index is 1.76. The summed E-state index contributed by atoms with van der Waals surface area (Å²) >= 11 is 1.26. The molecular weight excluding hydrogens is 444 g/mol. The fraction of sp³-hybridized carbons (Fsp3) is 0.125. The maximum Gasteiger partial charge on any atom is 0.260 e. The van der Waals surface area contributed by atoms with Gasteiger partial charge in [0.25, 0.3) is 5.91 Å². The lowest BCUT2D eigenvalue weighted by Gasteiger charge is -2.20. The molecule has 3 aromatic carbocycles. The van der Waals surface area contributed by atoms with E-state index in [9.17, 15) is 18.0 Å². The van der Waals surface area contributed by atoms with Crippen molar-refractivity contribution in [2.75, 3.05) is 11.2 Å². The summed E-state index contributed by atoms with van der Waals surface area (Å²) in [5.74, 6) is -0.329. The van der Waals surface area contributed by atoms with Gasteiger partial charge < -0.3 is 0 Å². The van der Waals surface area contributed by atoms with Gasteiger partial charge in [-0.15, -0.1) is 0 Å². The van der Waals surface area contributed by atoms with Crippen LogP contribution < -0.4 is 4.90 Å². The molecule has 8 heteroatoms. The van der Waals surface area contributed by atoms with Crippen molar-refractivity contribution < 1.29 is 18.0 Å². The molecule has 0 atom stereocenters. The van der Waals surface area contributed by atoms with E-state index in [4.69, 9.17) is 0 Å². The molecule has 6 nitrogen and oxygen atoms in total. The monoisotopic (exact) mass is 464 g/mol. The Kier molecular flexibility index (Phi) is 5.90. The summed E-state index contributed by atoms with van der Waals surface area (Å²) in [6, 6.07) is 20.8. The van der Waals surface area contributed by atoms with Crippen molar-refractivity contribution in [3.63, 3.8) is 0 Å². The highest BCUT2D eigenvalue weighted by molar-refractivity contribution is 7.90. The normalized spacial score (nSPS) is 11.4. The largest absolute Gasteiger partial charge is 0.295 e. The minimum Gasteiger partial charge on any atom is -0.295 e. The number of thiazole rings is 1. The molecule has 0 unspecified atom stereocenters. The smallest absolute Gasteiger partial charge is 0.260 e. The third kappa shape index (κ3) is 4.61. The Morgan fingerprint density at radius 3 is 2.22 bits per heavy atom. The maximum atomic E-state index is 13.4. The summed E-state index contributed by atoms with van der Waals surface area (Å²) in [7, 11) is -3.35. The van der Waals surface area contributed by atoms with Gasteiger partial charge in [-0.25, -0.2) is 13.4 Å². The number of carbonyl (C=O) groups is 2. The number of ketones is 1. The summed E-state index contributed by atoms with van der Waals surface area (Å²) in [5.41, 5.74) is 2.51. The van der Waals surface area contributed by atoms with Crippen molar-refractivity contribution in [1.82, 2.24) is 4.98 Å². The number of aromatic nitrogens is 1. The SMILES string of the molecule is CC(=O)c1ccc(C(=O)N(Cc2ccccc2)c2nc3ccc(S(C)(=O)=O)cc3s2)cc1. The number of hydrogen-bond donors (Lipinski definition) is 0. The molecule has 0 N–H and O–H groups in total. The van der Waals surface area contributed by atoms with E-state index in [2.05, 4.69) is 4.98 Å². The topological polar surface area (TPSA) is 84.4 Å². The number of anilines is 1. The molecule has 0 aliphatic heterocycles. The number of amides is 1. The average Bonchev–Trinajstić information content (AvgIpc) is 3.20. The Hall–Kier alpha value is -3.36. The predicted molar refractivity (Wildman–Crippen MR) is 126 cm³/mol. The highest BCUT2D eigenvalue weighted by Gasteiger charge is 2.22. The van der Waals surface area contributed by atoms with Crippen LogP contribution in [0.1, 0.15) is 33.2 Å². The fourth-order valence-corrected chi connectivity index (χ4v) is 4.96. The second-order valence-electron chi connectivity index (χ2n) is 7.41. The minimum absolute atomic E-state index is 0.0713. The molecule has 1 amide bonds. The lowest BCUT2D eigenvalue weighted by Crippen LogP contribution is -2.30. The zero-order valence-corrected chi connectivity index (χ0v) is 19.1. The fourth-order valence-electron chi connectivity index (χ4n) is 3.23. The number of Topliss-reactive ketones (excluding diaryl/α,β-unsaturated/α-hetero) is 1. The molecule has 0 bridgehead atoms. The van der Waals surface area contributed by atoms with Crippen LogP contribution in [0.25, 0.3) is 10.2 Å². The number of carbonyl (C=O) groups excluding carboxylic acids is 2. The van der Waals surface area contributed by atoms with Crippen LogP contribution in [-0.4, -0.2) is 31.3 Å². The molecule has 0 saturated heterocycles. The summed E-state index contributed by atoms with van der Waals surface area (Å²) in [4.78, 5) is 31.4. The number of benzene rings is 3. The lowest BCUT2D eigenvalue weighted by molar-refractivity contribution is 0.0981. The second kappa shape index (κ2) is 8.64. The molecule has 32 heavy (non-hydrogen) atoms. The first-order chi connectivity index (χ1) is 15.2. The van der Waals surface area contributed by atoms with E-state index in [1.54, 1.807) is 41.3 Å². The number of sulfone groups is 1. The quantitative estimate of drug-likeness (QED) is 0.385. The summed E-state index contributed by atoms with van der Waals surface area (Å²) in [6.45, 7) is 1.78. The molecule has 1 aromatic heterocycles. The third-order valence-electron chi connectivity index (χ3n) is 4.97. The summed E-state index contributed by atoms with van der Waals surface area (Å²) in [6.07, 6.45) is 1.16. The number of fused-ring (bicyclic) bond motifs is 1. The van der Waals surface area contributed by atoms with Gasteiger partial charge in [-0.2, -0.15) is 0 Å². The summed E-state index contributed by atoms with van der Waals surface area (Å²) < 4.78 is 24.5. The van der Waals surface area contributed by atoms with E-state index < -0.39 is 9.84 Å². The van der Waals surface area contributed by atoms with Crippen molar-refractivity contribution in [2.45, 2.75) is 18.4 Å². The van der Waals surface area contributed by atoms with Gasteiger partial charge in [0, 0.05) is 17.4 Å². The van der Waals surface area contributed by atoms with Crippen molar-refractivity contribution in [2.24, 2.45) is 0 Å². The Morgan fingerprint density at radius 2 is 1.59 bits per heavy atom.